The van der Waals surface area contributed by atoms with Crippen LogP contribution in [0.15, 0.2) is 38.2 Å². The molecule has 0 amide bonds. The van der Waals surface area contributed by atoms with Crippen molar-refractivity contribution in [1.82, 2.24) is 20.3 Å². The summed E-state index contributed by atoms with van der Waals surface area (Å²) in [6, 6.07) is 6.59. The highest BCUT2D eigenvalue weighted by Crippen LogP contribution is 2.26. The van der Waals surface area contributed by atoms with Gasteiger partial charge in [-0.15, -0.1) is 0 Å². The van der Waals surface area contributed by atoms with Gasteiger partial charge in [0.1, 0.15) is 22.9 Å². The van der Waals surface area contributed by atoms with Crippen LogP contribution in [0.3, 0.4) is 0 Å². The van der Waals surface area contributed by atoms with Crippen LogP contribution in [-0.2, 0) is 13.1 Å². The van der Waals surface area contributed by atoms with Crippen molar-refractivity contribution in [3.05, 3.63) is 52.9 Å². The number of hydrogen-bond acceptors (Lipinski definition) is 5. The van der Waals surface area contributed by atoms with Gasteiger partial charge in [0.25, 0.3) is 0 Å². The zero-order chi connectivity index (χ0) is 20.4. The number of rotatable bonds is 4. The quantitative estimate of drug-likeness (QED) is 0.537. The van der Waals surface area contributed by atoms with E-state index in [0.717, 1.165) is 66.8 Å². The molecule has 0 spiro atoms. The van der Waals surface area contributed by atoms with Gasteiger partial charge in [0.05, 0.1) is 12.2 Å². The van der Waals surface area contributed by atoms with Gasteiger partial charge in [-0.3, -0.25) is 9.89 Å². The zero-order valence-corrected chi connectivity index (χ0v) is 17.0. The van der Waals surface area contributed by atoms with Crippen LogP contribution in [0.2, 0.25) is 0 Å². The highest BCUT2D eigenvalue weighted by atomic mass is 19.1. The summed E-state index contributed by atoms with van der Waals surface area (Å²) >= 11 is 0. The average Bonchev–Trinajstić information content (AvgIpc) is 3.26. The van der Waals surface area contributed by atoms with Gasteiger partial charge in [-0.05, 0) is 32.0 Å². The van der Waals surface area contributed by atoms with E-state index < -0.39 is 0 Å². The van der Waals surface area contributed by atoms with Crippen LogP contribution < -0.4 is 5.32 Å². The summed E-state index contributed by atoms with van der Waals surface area (Å²) in [7, 11) is 1.79. The van der Waals surface area contributed by atoms with Crippen LogP contribution in [0.25, 0.3) is 11.0 Å². The standard InChI is InChI=1S/C21H26FN5O2/c1-14-10-17(25-29-14)13-26-6-8-27(9-7-26)21(23-3)24-12-20-15(2)18-11-16(22)4-5-19(18)28-20/h4-5,10-11H,6-9,12-13H2,1-3H3,(H,23,24). The van der Waals surface area contributed by atoms with Gasteiger partial charge in [0, 0.05) is 56.8 Å². The Hall–Kier alpha value is -2.87. The van der Waals surface area contributed by atoms with Crippen LogP contribution in [0.4, 0.5) is 4.39 Å². The molecule has 0 radical (unpaired) electrons. The molecule has 29 heavy (non-hydrogen) atoms. The number of benzene rings is 1. The first-order valence-electron chi connectivity index (χ1n) is 9.81. The first-order chi connectivity index (χ1) is 14.0. The Kier molecular flexibility index (Phi) is 5.53. The molecule has 7 nitrogen and oxygen atoms in total. The van der Waals surface area contributed by atoms with Crippen molar-refractivity contribution in [1.29, 1.82) is 0 Å². The van der Waals surface area contributed by atoms with Gasteiger partial charge in [0.2, 0.25) is 0 Å². The number of guanidine groups is 1. The number of piperazine rings is 1. The topological polar surface area (TPSA) is 70.0 Å². The Bertz CT molecular complexity index is 1020. The second-order valence-electron chi connectivity index (χ2n) is 7.38. The predicted molar refractivity (Wildman–Crippen MR) is 109 cm³/mol. The molecule has 0 saturated carbocycles. The minimum atomic E-state index is -0.254. The summed E-state index contributed by atoms with van der Waals surface area (Å²) in [6.07, 6.45) is 0. The van der Waals surface area contributed by atoms with Crippen molar-refractivity contribution in [3.63, 3.8) is 0 Å². The lowest BCUT2D eigenvalue weighted by molar-refractivity contribution is 0.168. The third-order valence-electron chi connectivity index (χ3n) is 5.35. The van der Waals surface area contributed by atoms with Gasteiger partial charge in [0.15, 0.2) is 5.96 Å². The predicted octanol–water partition coefficient (Wildman–Crippen LogP) is 3.07. The molecule has 3 aromatic rings. The molecule has 4 rings (SSSR count). The zero-order valence-electron chi connectivity index (χ0n) is 17.0. The smallest absolute Gasteiger partial charge is 0.194 e. The molecule has 1 saturated heterocycles. The SMILES string of the molecule is CN=C(NCc1oc2ccc(F)cc2c1C)N1CCN(Cc2cc(C)on2)CC1. The maximum atomic E-state index is 13.5. The molecular formula is C21H26FN5O2. The van der Waals surface area contributed by atoms with Crippen molar-refractivity contribution in [3.8, 4) is 0 Å². The molecular weight excluding hydrogens is 373 g/mol. The van der Waals surface area contributed by atoms with Gasteiger partial charge < -0.3 is 19.2 Å². The fourth-order valence-corrected chi connectivity index (χ4v) is 3.74. The number of hydrogen-bond donors (Lipinski definition) is 1. The Labute approximate surface area is 169 Å². The number of nitrogens with one attached hydrogen (secondary N) is 1. The van der Waals surface area contributed by atoms with E-state index in [4.69, 9.17) is 8.94 Å². The number of furan rings is 1. The van der Waals surface area contributed by atoms with Crippen LogP contribution in [0.1, 0.15) is 22.8 Å². The van der Waals surface area contributed by atoms with E-state index in [1.807, 2.05) is 19.9 Å². The molecule has 154 valence electrons. The van der Waals surface area contributed by atoms with Gasteiger partial charge in [-0.2, -0.15) is 0 Å². The monoisotopic (exact) mass is 399 g/mol. The molecule has 8 heteroatoms. The Balaban J connectivity index is 1.34. The number of halogens is 1. The second kappa shape index (κ2) is 8.24. The molecule has 2 aromatic heterocycles. The fourth-order valence-electron chi connectivity index (χ4n) is 3.74. The molecule has 1 fully saturated rings. The van der Waals surface area contributed by atoms with E-state index in [-0.39, 0.29) is 5.82 Å². The molecule has 1 aromatic carbocycles. The van der Waals surface area contributed by atoms with Crippen LogP contribution >= 0.6 is 0 Å². The lowest BCUT2D eigenvalue weighted by Gasteiger charge is -2.36. The number of aromatic nitrogens is 1. The summed E-state index contributed by atoms with van der Waals surface area (Å²) in [5, 5.41) is 8.27. The molecule has 0 unspecified atom stereocenters. The maximum absolute atomic E-state index is 13.5. The average molecular weight is 399 g/mol. The lowest BCUT2D eigenvalue weighted by atomic mass is 10.1. The van der Waals surface area contributed by atoms with Crippen molar-refractivity contribution in [2.45, 2.75) is 26.9 Å². The summed E-state index contributed by atoms with van der Waals surface area (Å²) in [6.45, 7) is 8.77. The van der Waals surface area contributed by atoms with Crippen LogP contribution in [-0.4, -0.2) is 54.1 Å². The Morgan fingerprint density at radius 1 is 1.21 bits per heavy atom. The summed E-state index contributed by atoms with van der Waals surface area (Å²) < 4.78 is 24.6. The van der Waals surface area contributed by atoms with Gasteiger partial charge >= 0.3 is 0 Å². The molecule has 1 aliphatic rings. The van der Waals surface area contributed by atoms with Crippen LogP contribution in [0, 0.1) is 19.7 Å². The normalized spacial score (nSPS) is 16.0. The summed E-state index contributed by atoms with van der Waals surface area (Å²) in [5.41, 5.74) is 2.62. The lowest BCUT2D eigenvalue weighted by Crippen LogP contribution is -2.52. The molecule has 0 bridgehead atoms. The summed E-state index contributed by atoms with van der Waals surface area (Å²) in [4.78, 5) is 9.02. The van der Waals surface area contributed by atoms with E-state index in [1.54, 1.807) is 13.1 Å². The fraction of sp³-hybridized carbons (Fsp3) is 0.429. The minimum Gasteiger partial charge on any atom is -0.459 e. The third-order valence-corrected chi connectivity index (χ3v) is 5.35. The van der Waals surface area contributed by atoms with E-state index >= 15 is 0 Å². The van der Waals surface area contributed by atoms with Gasteiger partial charge in [-0.25, -0.2) is 4.39 Å². The number of fused-ring (bicyclic) bond motifs is 1. The van der Waals surface area contributed by atoms with E-state index in [1.165, 1.54) is 12.1 Å². The molecule has 1 N–H and O–H groups in total. The van der Waals surface area contributed by atoms with E-state index in [2.05, 4.69) is 25.3 Å². The Morgan fingerprint density at radius 3 is 2.69 bits per heavy atom. The number of aryl methyl sites for hydroxylation is 2. The maximum Gasteiger partial charge on any atom is 0.194 e. The largest absolute Gasteiger partial charge is 0.459 e. The number of aliphatic imine (C=N–C) groups is 1. The first-order valence-corrected chi connectivity index (χ1v) is 9.81. The summed E-state index contributed by atoms with van der Waals surface area (Å²) in [5.74, 6) is 2.22. The highest BCUT2D eigenvalue weighted by molar-refractivity contribution is 5.83. The van der Waals surface area contributed by atoms with E-state index in [0.29, 0.717) is 12.1 Å². The third kappa shape index (κ3) is 4.27. The molecule has 3 heterocycles. The van der Waals surface area contributed by atoms with Crippen molar-refractivity contribution >= 4 is 16.9 Å². The van der Waals surface area contributed by atoms with Crippen LogP contribution in [0.5, 0.6) is 0 Å². The van der Waals surface area contributed by atoms with Gasteiger partial charge in [-0.1, -0.05) is 5.16 Å². The second-order valence-corrected chi connectivity index (χ2v) is 7.38. The van der Waals surface area contributed by atoms with Crippen molar-refractivity contribution in [2.75, 3.05) is 33.2 Å². The molecule has 1 aliphatic heterocycles. The molecule has 0 atom stereocenters. The van der Waals surface area contributed by atoms with Crippen molar-refractivity contribution < 1.29 is 13.3 Å². The van der Waals surface area contributed by atoms with Crippen molar-refractivity contribution in [2.24, 2.45) is 4.99 Å². The minimum absolute atomic E-state index is 0.254. The van der Waals surface area contributed by atoms with E-state index in [9.17, 15) is 4.39 Å². The first kappa shape index (κ1) is 19.4. The Morgan fingerprint density at radius 2 is 2.00 bits per heavy atom. The highest BCUT2D eigenvalue weighted by Gasteiger charge is 2.21. The molecule has 0 aliphatic carbocycles. The number of nitrogens with zero attached hydrogens (tertiary/aromatic N) is 4.